The highest BCUT2D eigenvalue weighted by Crippen LogP contribution is 2.20. The molecule has 8 nitrogen and oxygen atoms in total. The van der Waals surface area contributed by atoms with Crippen molar-refractivity contribution in [3.05, 3.63) is 69.8 Å². The van der Waals surface area contributed by atoms with Crippen molar-refractivity contribution in [2.75, 3.05) is 6.61 Å². The summed E-state index contributed by atoms with van der Waals surface area (Å²) in [5, 5.41) is 18.5. The zero-order chi connectivity index (χ0) is 21.0. The maximum Gasteiger partial charge on any atom is 0.338 e. The number of aromatic carboxylic acids is 2. The van der Waals surface area contributed by atoms with E-state index in [1.807, 2.05) is 0 Å². The summed E-state index contributed by atoms with van der Waals surface area (Å²) >= 11 is 0. The van der Waals surface area contributed by atoms with E-state index < -0.39 is 35.0 Å². The van der Waals surface area contributed by atoms with Crippen molar-refractivity contribution in [1.82, 2.24) is 0 Å². The summed E-state index contributed by atoms with van der Waals surface area (Å²) in [5.41, 5.74) is -1.01. The van der Waals surface area contributed by atoms with Crippen LogP contribution >= 0.6 is 0 Å². The Morgan fingerprint density at radius 3 is 1.75 bits per heavy atom. The number of carbonyl (C=O) groups excluding carboxylic acids is 3. The summed E-state index contributed by atoms with van der Waals surface area (Å²) in [6.07, 6.45) is 0. The lowest BCUT2D eigenvalue weighted by atomic mass is 9.94. The summed E-state index contributed by atoms with van der Waals surface area (Å²) in [4.78, 5) is 59.0. The number of hydrogen-bond donors (Lipinski definition) is 2. The Balaban J connectivity index is 2.52. The van der Waals surface area contributed by atoms with E-state index in [2.05, 4.69) is 0 Å². The summed E-state index contributed by atoms with van der Waals surface area (Å²) < 4.78 is 4.80. The van der Waals surface area contributed by atoms with Gasteiger partial charge in [0.25, 0.3) is 0 Å². The summed E-state index contributed by atoms with van der Waals surface area (Å²) in [5.74, 6) is -4.71. The second-order valence-corrected chi connectivity index (χ2v) is 5.74. The number of carboxylic acids is 2. The first-order chi connectivity index (χ1) is 13.2. The Morgan fingerprint density at radius 2 is 1.29 bits per heavy atom. The standard InChI is InChI=1S/C20H16O8/c1-3-28-20(27)14-7-5-12(9-16(14)19(25)26)17(22)11-4-6-13(18(23)24)15(8-11)10(2)21/h4-9H,3H2,1-2H3,(H,23,24)(H,25,26). The Morgan fingerprint density at radius 1 is 0.786 bits per heavy atom. The molecule has 0 fully saturated rings. The Bertz CT molecular complexity index is 1000. The zero-order valence-electron chi connectivity index (χ0n) is 15.0. The molecule has 0 saturated heterocycles. The van der Waals surface area contributed by atoms with Gasteiger partial charge in [-0.3, -0.25) is 9.59 Å². The number of Topliss-reactive ketones (excluding diaryl/α,β-unsaturated/α-hetero) is 1. The molecule has 0 saturated carbocycles. The van der Waals surface area contributed by atoms with E-state index in [9.17, 15) is 29.1 Å². The fourth-order valence-corrected chi connectivity index (χ4v) is 2.58. The van der Waals surface area contributed by atoms with Gasteiger partial charge in [-0.1, -0.05) is 12.1 Å². The van der Waals surface area contributed by atoms with Gasteiger partial charge in [0.1, 0.15) is 0 Å². The van der Waals surface area contributed by atoms with E-state index in [0.29, 0.717) is 0 Å². The molecular weight excluding hydrogens is 368 g/mol. The van der Waals surface area contributed by atoms with Gasteiger partial charge in [0.05, 0.1) is 23.3 Å². The fourth-order valence-electron chi connectivity index (χ4n) is 2.58. The quantitative estimate of drug-likeness (QED) is 0.549. The van der Waals surface area contributed by atoms with Crippen molar-refractivity contribution in [2.45, 2.75) is 13.8 Å². The first-order valence-corrected chi connectivity index (χ1v) is 8.14. The average Bonchev–Trinajstić information content (AvgIpc) is 2.66. The van der Waals surface area contributed by atoms with Crippen molar-refractivity contribution < 1.29 is 38.9 Å². The van der Waals surface area contributed by atoms with E-state index in [-0.39, 0.29) is 34.4 Å². The lowest BCUT2D eigenvalue weighted by Crippen LogP contribution is -2.14. The molecule has 0 radical (unpaired) electrons. The van der Waals surface area contributed by atoms with Crippen molar-refractivity contribution in [3.63, 3.8) is 0 Å². The normalized spacial score (nSPS) is 10.2. The van der Waals surface area contributed by atoms with Crippen LogP contribution in [0.3, 0.4) is 0 Å². The number of carbonyl (C=O) groups is 5. The molecule has 0 atom stereocenters. The molecule has 0 aliphatic rings. The fraction of sp³-hybridized carbons (Fsp3) is 0.150. The highest BCUT2D eigenvalue weighted by molar-refractivity contribution is 6.13. The predicted molar refractivity (Wildman–Crippen MR) is 96.2 cm³/mol. The highest BCUT2D eigenvalue weighted by atomic mass is 16.5. The third-order valence-corrected chi connectivity index (χ3v) is 3.90. The van der Waals surface area contributed by atoms with Crippen LogP contribution < -0.4 is 0 Å². The van der Waals surface area contributed by atoms with Crippen molar-refractivity contribution in [1.29, 1.82) is 0 Å². The van der Waals surface area contributed by atoms with Gasteiger partial charge in [-0.25, -0.2) is 14.4 Å². The van der Waals surface area contributed by atoms with E-state index in [0.717, 1.165) is 18.2 Å². The van der Waals surface area contributed by atoms with Gasteiger partial charge in [-0.2, -0.15) is 0 Å². The highest BCUT2D eigenvalue weighted by Gasteiger charge is 2.22. The number of ketones is 2. The molecule has 0 aromatic heterocycles. The number of esters is 1. The third kappa shape index (κ3) is 4.12. The van der Waals surface area contributed by atoms with E-state index in [1.165, 1.54) is 25.1 Å². The van der Waals surface area contributed by atoms with Crippen molar-refractivity contribution >= 4 is 29.5 Å². The SMILES string of the molecule is CCOC(=O)c1ccc(C(=O)c2ccc(C(=O)O)c(C(C)=O)c2)cc1C(=O)O. The van der Waals surface area contributed by atoms with Crippen LogP contribution in [0.1, 0.15) is 71.2 Å². The maximum absolute atomic E-state index is 12.7. The molecule has 0 spiro atoms. The zero-order valence-corrected chi connectivity index (χ0v) is 15.0. The molecule has 0 unspecified atom stereocenters. The molecule has 0 aliphatic carbocycles. The molecule has 0 amide bonds. The van der Waals surface area contributed by atoms with Crippen LogP contribution in [-0.4, -0.2) is 46.3 Å². The molecule has 2 aromatic carbocycles. The van der Waals surface area contributed by atoms with Crippen LogP contribution in [0, 0.1) is 0 Å². The minimum atomic E-state index is -1.41. The molecule has 0 bridgehead atoms. The van der Waals surface area contributed by atoms with Gasteiger partial charge in [-0.15, -0.1) is 0 Å². The van der Waals surface area contributed by atoms with E-state index in [1.54, 1.807) is 6.92 Å². The third-order valence-electron chi connectivity index (χ3n) is 3.90. The molecule has 2 N–H and O–H groups in total. The monoisotopic (exact) mass is 384 g/mol. The van der Waals surface area contributed by atoms with Crippen LogP contribution in [0.2, 0.25) is 0 Å². The molecule has 8 heteroatoms. The molecule has 0 aliphatic heterocycles. The van der Waals surface area contributed by atoms with Crippen LogP contribution in [-0.2, 0) is 4.74 Å². The predicted octanol–water partition coefficient (Wildman–Crippen LogP) is 2.69. The smallest absolute Gasteiger partial charge is 0.338 e. The molecule has 28 heavy (non-hydrogen) atoms. The van der Waals surface area contributed by atoms with Gasteiger partial charge >= 0.3 is 17.9 Å². The largest absolute Gasteiger partial charge is 0.478 e. The Hall–Kier alpha value is -3.81. The van der Waals surface area contributed by atoms with Crippen LogP contribution in [0.4, 0.5) is 0 Å². The average molecular weight is 384 g/mol. The van der Waals surface area contributed by atoms with Crippen LogP contribution in [0.15, 0.2) is 36.4 Å². The molecular formula is C20H16O8. The Labute approximate surface area is 159 Å². The lowest BCUT2D eigenvalue weighted by molar-refractivity contribution is 0.0514. The lowest BCUT2D eigenvalue weighted by Gasteiger charge is -2.09. The van der Waals surface area contributed by atoms with Crippen LogP contribution in [0.25, 0.3) is 0 Å². The first-order valence-electron chi connectivity index (χ1n) is 8.14. The summed E-state index contributed by atoms with van der Waals surface area (Å²) in [7, 11) is 0. The summed E-state index contributed by atoms with van der Waals surface area (Å²) in [6.45, 7) is 2.80. The van der Waals surface area contributed by atoms with Gasteiger partial charge in [-0.05, 0) is 38.1 Å². The second-order valence-electron chi connectivity index (χ2n) is 5.74. The number of carboxylic acid groups (broad SMARTS) is 2. The molecule has 144 valence electrons. The van der Waals surface area contributed by atoms with Crippen LogP contribution in [0.5, 0.6) is 0 Å². The number of ether oxygens (including phenoxy) is 1. The van der Waals surface area contributed by atoms with E-state index >= 15 is 0 Å². The molecule has 2 aromatic rings. The molecule has 0 heterocycles. The number of rotatable bonds is 7. The minimum Gasteiger partial charge on any atom is -0.478 e. The van der Waals surface area contributed by atoms with Crippen molar-refractivity contribution in [2.24, 2.45) is 0 Å². The first kappa shape index (κ1) is 20.5. The van der Waals surface area contributed by atoms with Gasteiger partial charge < -0.3 is 14.9 Å². The van der Waals surface area contributed by atoms with Crippen molar-refractivity contribution in [3.8, 4) is 0 Å². The van der Waals surface area contributed by atoms with Gasteiger partial charge in [0, 0.05) is 16.7 Å². The number of benzene rings is 2. The van der Waals surface area contributed by atoms with Gasteiger partial charge in [0.15, 0.2) is 11.6 Å². The second kappa shape index (κ2) is 8.26. The minimum absolute atomic E-state index is 0.00965. The number of hydrogen-bond acceptors (Lipinski definition) is 6. The van der Waals surface area contributed by atoms with E-state index in [4.69, 9.17) is 9.84 Å². The molecule has 2 rings (SSSR count). The summed E-state index contributed by atoms with van der Waals surface area (Å²) in [6, 6.07) is 6.99. The Kier molecular flexibility index (Phi) is 6.04. The van der Waals surface area contributed by atoms with Gasteiger partial charge in [0.2, 0.25) is 0 Å². The topological polar surface area (TPSA) is 135 Å². The maximum atomic E-state index is 12.7.